The number of piperidine rings is 1. The molecule has 1 amide bonds. The maximum atomic E-state index is 13.1. The molecule has 0 aliphatic carbocycles. The van der Waals surface area contributed by atoms with E-state index in [9.17, 15) is 13.2 Å². The van der Waals surface area contributed by atoms with Gasteiger partial charge in [-0.05, 0) is 62.2 Å². The summed E-state index contributed by atoms with van der Waals surface area (Å²) in [6.07, 6.45) is 2.75. The summed E-state index contributed by atoms with van der Waals surface area (Å²) in [7, 11) is -2.22. The third-order valence-corrected chi connectivity index (χ3v) is 7.43. The van der Waals surface area contributed by atoms with Gasteiger partial charge in [0.2, 0.25) is 15.9 Å². The molecule has 3 rings (SSSR count). The SMILES string of the molecule is COc1ccc(N[C@H](C)C(=O)Nc2ccc(Br)cc2)cc1S(=O)(=O)N1CCCCC1. The van der Waals surface area contributed by atoms with Gasteiger partial charge in [0.1, 0.15) is 16.7 Å². The smallest absolute Gasteiger partial charge is 0.246 e. The molecule has 0 bridgehead atoms. The van der Waals surface area contributed by atoms with Gasteiger partial charge in [-0.3, -0.25) is 4.79 Å². The molecule has 1 fully saturated rings. The summed E-state index contributed by atoms with van der Waals surface area (Å²) >= 11 is 3.36. The molecule has 162 valence electrons. The average Bonchev–Trinajstić information content (AvgIpc) is 2.75. The average molecular weight is 496 g/mol. The summed E-state index contributed by atoms with van der Waals surface area (Å²) in [6.45, 7) is 2.74. The monoisotopic (exact) mass is 495 g/mol. The lowest BCUT2D eigenvalue weighted by atomic mass is 10.2. The van der Waals surface area contributed by atoms with Crippen LogP contribution in [0.4, 0.5) is 11.4 Å². The van der Waals surface area contributed by atoms with Crippen LogP contribution in [0.2, 0.25) is 0 Å². The van der Waals surface area contributed by atoms with Crippen molar-refractivity contribution in [1.29, 1.82) is 0 Å². The Kier molecular flexibility index (Phi) is 7.38. The van der Waals surface area contributed by atoms with E-state index < -0.39 is 16.1 Å². The molecule has 0 spiro atoms. The van der Waals surface area contributed by atoms with E-state index in [0.29, 0.717) is 24.5 Å². The maximum absolute atomic E-state index is 13.1. The van der Waals surface area contributed by atoms with Crippen LogP contribution in [0, 0.1) is 0 Å². The van der Waals surface area contributed by atoms with Crippen LogP contribution in [0.3, 0.4) is 0 Å². The predicted octanol–water partition coefficient (Wildman–Crippen LogP) is 4.07. The van der Waals surface area contributed by atoms with E-state index in [1.54, 1.807) is 31.2 Å². The van der Waals surface area contributed by atoms with E-state index in [1.807, 2.05) is 12.1 Å². The molecule has 1 aliphatic rings. The van der Waals surface area contributed by atoms with Crippen LogP contribution in [0.1, 0.15) is 26.2 Å². The van der Waals surface area contributed by atoms with Crippen molar-refractivity contribution in [3.63, 3.8) is 0 Å². The molecule has 1 saturated heterocycles. The summed E-state index contributed by atoms with van der Waals surface area (Å²) in [5, 5.41) is 5.92. The summed E-state index contributed by atoms with van der Waals surface area (Å²) in [4.78, 5) is 12.6. The number of nitrogens with one attached hydrogen (secondary N) is 2. The molecular formula is C21H26BrN3O4S. The summed E-state index contributed by atoms with van der Waals surface area (Å²) < 4.78 is 34.0. The number of carbonyl (C=O) groups is 1. The molecule has 30 heavy (non-hydrogen) atoms. The van der Waals surface area contributed by atoms with Crippen LogP contribution in [-0.2, 0) is 14.8 Å². The number of hydrogen-bond acceptors (Lipinski definition) is 5. The lowest BCUT2D eigenvalue weighted by Crippen LogP contribution is -2.36. The van der Waals surface area contributed by atoms with E-state index in [1.165, 1.54) is 17.5 Å². The van der Waals surface area contributed by atoms with Crippen molar-refractivity contribution >= 4 is 43.2 Å². The van der Waals surface area contributed by atoms with Crippen LogP contribution in [0.25, 0.3) is 0 Å². The highest BCUT2D eigenvalue weighted by molar-refractivity contribution is 9.10. The zero-order valence-corrected chi connectivity index (χ0v) is 19.4. The van der Waals surface area contributed by atoms with Gasteiger partial charge < -0.3 is 15.4 Å². The number of rotatable bonds is 7. The highest BCUT2D eigenvalue weighted by Crippen LogP contribution is 2.31. The molecule has 0 unspecified atom stereocenters. The van der Waals surface area contributed by atoms with Crippen LogP contribution >= 0.6 is 15.9 Å². The Morgan fingerprint density at radius 2 is 1.70 bits per heavy atom. The lowest BCUT2D eigenvalue weighted by molar-refractivity contribution is -0.116. The van der Waals surface area contributed by atoms with E-state index in [2.05, 4.69) is 26.6 Å². The molecule has 1 aliphatic heterocycles. The Morgan fingerprint density at radius 3 is 2.33 bits per heavy atom. The third-order valence-electron chi connectivity index (χ3n) is 4.98. The predicted molar refractivity (Wildman–Crippen MR) is 121 cm³/mol. The first-order valence-corrected chi connectivity index (χ1v) is 12.1. The second-order valence-corrected chi connectivity index (χ2v) is 10.0. The number of amides is 1. The Balaban J connectivity index is 1.76. The van der Waals surface area contributed by atoms with Gasteiger partial charge in [0, 0.05) is 28.9 Å². The van der Waals surface area contributed by atoms with Crippen LogP contribution in [-0.4, -0.2) is 44.9 Å². The minimum absolute atomic E-state index is 0.109. The fourth-order valence-corrected chi connectivity index (χ4v) is 5.27. The minimum Gasteiger partial charge on any atom is -0.495 e. The second-order valence-electron chi connectivity index (χ2n) is 7.19. The lowest BCUT2D eigenvalue weighted by Gasteiger charge is -2.27. The largest absolute Gasteiger partial charge is 0.495 e. The number of methoxy groups -OCH3 is 1. The van der Waals surface area contributed by atoms with Gasteiger partial charge in [-0.2, -0.15) is 4.31 Å². The first-order valence-electron chi connectivity index (χ1n) is 9.82. The van der Waals surface area contributed by atoms with E-state index in [4.69, 9.17) is 4.74 Å². The number of benzene rings is 2. The molecule has 2 aromatic carbocycles. The zero-order chi connectivity index (χ0) is 21.7. The van der Waals surface area contributed by atoms with Gasteiger partial charge in [-0.25, -0.2) is 8.42 Å². The topological polar surface area (TPSA) is 87.7 Å². The number of carbonyl (C=O) groups excluding carboxylic acids is 1. The maximum Gasteiger partial charge on any atom is 0.246 e. The van der Waals surface area contributed by atoms with Gasteiger partial charge in [0.05, 0.1) is 7.11 Å². The Bertz CT molecular complexity index is 990. The van der Waals surface area contributed by atoms with Crippen molar-refractivity contribution < 1.29 is 17.9 Å². The molecule has 0 radical (unpaired) electrons. The standard InChI is InChI=1S/C21H26BrN3O4S/c1-15(21(26)24-17-8-6-16(22)7-9-17)23-18-10-11-19(29-2)20(14-18)30(27,28)25-12-4-3-5-13-25/h6-11,14-15,23H,3-5,12-13H2,1-2H3,(H,24,26)/t15-/m1/s1. The normalized spacial score (nSPS) is 16.0. The molecule has 2 N–H and O–H groups in total. The fourth-order valence-electron chi connectivity index (χ4n) is 3.31. The highest BCUT2D eigenvalue weighted by Gasteiger charge is 2.29. The van der Waals surface area contributed by atoms with Crippen molar-refractivity contribution in [1.82, 2.24) is 4.31 Å². The highest BCUT2D eigenvalue weighted by atomic mass is 79.9. The molecule has 0 saturated carbocycles. The molecule has 1 atom stereocenters. The second kappa shape index (κ2) is 9.80. The molecule has 0 aromatic heterocycles. The number of sulfonamides is 1. The Morgan fingerprint density at radius 1 is 1.07 bits per heavy atom. The molecule has 7 nitrogen and oxygen atoms in total. The number of ether oxygens (including phenoxy) is 1. The van der Waals surface area contributed by atoms with Crippen LogP contribution in [0.5, 0.6) is 5.75 Å². The van der Waals surface area contributed by atoms with E-state index >= 15 is 0 Å². The van der Waals surface area contributed by atoms with Crippen LogP contribution in [0.15, 0.2) is 51.8 Å². The Labute approximate surface area is 186 Å². The molecule has 1 heterocycles. The third kappa shape index (κ3) is 5.33. The number of nitrogens with zero attached hydrogens (tertiary/aromatic N) is 1. The first kappa shape index (κ1) is 22.6. The van der Waals surface area contributed by atoms with Gasteiger partial charge in [0.15, 0.2) is 0 Å². The first-order chi connectivity index (χ1) is 14.3. The van der Waals surface area contributed by atoms with Crippen molar-refractivity contribution in [2.45, 2.75) is 37.1 Å². The summed E-state index contributed by atoms with van der Waals surface area (Å²) in [5.74, 6) is 0.0617. The number of hydrogen-bond donors (Lipinski definition) is 2. The van der Waals surface area contributed by atoms with Gasteiger partial charge in [0.25, 0.3) is 0 Å². The summed E-state index contributed by atoms with van der Waals surface area (Å²) in [6, 6.07) is 11.6. The number of halogens is 1. The quantitative estimate of drug-likeness (QED) is 0.604. The van der Waals surface area contributed by atoms with Gasteiger partial charge in [-0.1, -0.05) is 22.4 Å². The molecule has 9 heteroatoms. The van der Waals surface area contributed by atoms with E-state index in [-0.39, 0.29) is 16.6 Å². The van der Waals surface area contributed by atoms with Crippen molar-refractivity contribution in [3.8, 4) is 5.75 Å². The molecule has 2 aromatic rings. The van der Waals surface area contributed by atoms with Crippen molar-refractivity contribution in [2.75, 3.05) is 30.8 Å². The van der Waals surface area contributed by atoms with Crippen molar-refractivity contribution in [2.24, 2.45) is 0 Å². The molecular weight excluding hydrogens is 470 g/mol. The summed E-state index contributed by atoms with van der Waals surface area (Å²) in [5.41, 5.74) is 1.21. The Hall–Kier alpha value is -2.10. The van der Waals surface area contributed by atoms with Gasteiger partial charge in [-0.15, -0.1) is 0 Å². The fraction of sp³-hybridized carbons (Fsp3) is 0.381. The zero-order valence-electron chi connectivity index (χ0n) is 17.0. The minimum atomic E-state index is -3.67. The van der Waals surface area contributed by atoms with Gasteiger partial charge >= 0.3 is 0 Å². The van der Waals surface area contributed by atoms with Crippen molar-refractivity contribution in [3.05, 3.63) is 46.9 Å². The number of anilines is 2. The van der Waals surface area contributed by atoms with E-state index in [0.717, 1.165) is 23.7 Å². The van der Waals surface area contributed by atoms with Crippen LogP contribution < -0.4 is 15.4 Å².